The molecule has 3 rings (SSSR count). The average molecular weight is 263 g/mol. The van der Waals surface area contributed by atoms with Crippen LogP contribution in [0.2, 0.25) is 0 Å². The Kier molecular flexibility index (Phi) is 3.50. The highest BCUT2D eigenvalue weighted by atomic mass is 15.1. The van der Waals surface area contributed by atoms with Crippen LogP contribution in [0.1, 0.15) is 16.8 Å². The number of hydrogen-bond donors (Lipinski definition) is 2. The van der Waals surface area contributed by atoms with Gasteiger partial charge in [0.1, 0.15) is 0 Å². The Bertz CT molecular complexity index is 687. The quantitative estimate of drug-likeness (QED) is 0.745. The van der Waals surface area contributed by atoms with Crippen LogP contribution in [0, 0.1) is 6.92 Å². The number of aryl methyl sites for hydroxylation is 1. The standard InChI is InChI=1S/C17H17N3/c1-13-6-2-4-8-16(13)19-17-9-5-3-7-14(17)12-15-10-11-18-20-15/h2-11,19H,12H2,1H3,(H,18,20). The first-order chi connectivity index (χ1) is 9.83. The minimum absolute atomic E-state index is 0.842. The number of benzene rings is 2. The molecule has 0 fully saturated rings. The van der Waals surface area contributed by atoms with Crippen molar-refractivity contribution in [3.05, 3.63) is 77.6 Å². The van der Waals surface area contributed by atoms with Crippen LogP contribution < -0.4 is 5.32 Å². The van der Waals surface area contributed by atoms with Gasteiger partial charge < -0.3 is 5.32 Å². The molecule has 20 heavy (non-hydrogen) atoms. The zero-order valence-corrected chi connectivity index (χ0v) is 11.4. The Hall–Kier alpha value is -2.55. The van der Waals surface area contributed by atoms with Crippen molar-refractivity contribution in [1.29, 1.82) is 0 Å². The summed E-state index contributed by atoms with van der Waals surface area (Å²) in [4.78, 5) is 0. The largest absolute Gasteiger partial charge is 0.355 e. The van der Waals surface area contributed by atoms with Crippen LogP contribution in [-0.4, -0.2) is 10.2 Å². The highest BCUT2D eigenvalue weighted by molar-refractivity contribution is 5.66. The maximum atomic E-state index is 4.00. The number of aromatic nitrogens is 2. The van der Waals surface area contributed by atoms with E-state index in [1.165, 1.54) is 11.1 Å². The van der Waals surface area contributed by atoms with Crippen LogP contribution in [-0.2, 0) is 6.42 Å². The summed E-state index contributed by atoms with van der Waals surface area (Å²) in [7, 11) is 0. The van der Waals surface area contributed by atoms with Gasteiger partial charge in [-0.15, -0.1) is 0 Å². The predicted molar refractivity (Wildman–Crippen MR) is 82.3 cm³/mol. The summed E-state index contributed by atoms with van der Waals surface area (Å²) in [6.07, 6.45) is 2.63. The van der Waals surface area contributed by atoms with E-state index >= 15 is 0 Å². The SMILES string of the molecule is Cc1ccccc1Nc1ccccc1Cc1ccn[nH]1. The molecule has 0 radical (unpaired) electrons. The summed E-state index contributed by atoms with van der Waals surface area (Å²) in [6, 6.07) is 18.7. The van der Waals surface area contributed by atoms with E-state index in [0.29, 0.717) is 0 Å². The molecule has 2 aromatic carbocycles. The summed E-state index contributed by atoms with van der Waals surface area (Å²) < 4.78 is 0. The first-order valence-corrected chi connectivity index (χ1v) is 6.72. The van der Waals surface area contributed by atoms with Crippen LogP contribution >= 0.6 is 0 Å². The molecule has 0 atom stereocenters. The minimum atomic E-state index is 0.842. The topological polar surface area (TPSA) is 40.7 Å². The van der Waals surface area contributed by atoms with Gasteiger partial charge >= 0.3 is 0 Å². The summed E-state index contributed by atoms with van der Waals surface area (Å²) >= 11 is 0. The molecule has 0 aliphatic rings. The van der Waals surface area contributed by atoms with Gasteiger partial charge in [-0.1, -0.05) is 36.4 Å². The van der Waals surface area contributed by atoms with Gasteiger partial charge in [0.15, 0.2) is 0 Å². The van der Waals surface area contributed by atoms with Gasteiger partial charge in [-0.2, -0.15) is 5.10 Å². The lowest BCUT2D eigenvalue weighted by molar-refractivity contribution is 0.997. The number of nitrogens with one attached hydrogen (secondary N) is 2. The Balaban J connectivity index is 1.88. The van der Waals surface area contributed by atoms with Crippen LogP contribution in [0.4, 0.5) is 11.4 Å². The van der Waals surface area contributed by atoms with E-state index in [9.17, 15) is 0 Å². The van der Waals surface area contributed by atoms with E-state index in [1.807, 2.05) is 12.1 Å². The number of hydrogen-bond acceptors (Lipinski definition) is 2. The Morgan fingerprint density at radius 2 is 1.70 bits per heavy atom. The van der Waals surface area contributed by atoms with Crippen LogP contribution in [0.3, 0.4) is 0 Å². The van der Waals surface area contributed by atoms with E-state index in [-0.39, 0.29) is 0 Å². The highest BCUT2D eigenvalue weighted by Crippen LogP contribution is 2.24. The lowest BCUT2D eigenvalue weighted by Gasteiger charge is -2.13. The van der Waals surface area contributed by atoms with Crippen molar-refractivity contribution in [2.75, 3.05) is 5.32 Å². The molecule has 1 heterocycles. The lowest BCUT2D eigenvalue weighted by Crippen LogP contribution is -1.98. The number of anilines is 2. The molecule has 0 bridgehead atoms. The number of H-pyrrole nitrogens is 1. The second-order valence-corrected chi connectivity index (χ2v) is 4.86. The maximum absolute atomic E-state index is 4.00. The van der Waals surface area contributed by atoms with E-state index in [1.54, 1.807) is 6.20 Å². The molecule has 100 valence electrons. The van der Waals surface area contributed by atoms with Crippen molar-refractivity contribution in [2.24, 2.45) is 0 Å². The normalized spacial score (nSPS) is 10.4. The molecule has 0 saturated carbocycles. The molecule has 0 aliphatic heterocycles. The molecule has 0 spiro atoms. The molecule has 0 saturated heterocycles. The fourth-order valence-electron chi connectivity index (χ4n) is 2.24. The molecule has 0 unspecified atom stereocenters. The van der Waals surface area contributed by atoms with Gasteiger partial charge in [0.25, 0.3) is 0 Å². The van der Waals surface area contributed by atoms with Crippen molar-refractivity contribution in [1.82, 2.24) is 10.2 Å². The van der Waals surface area contributed by atoms with Crippen molar-refractivity contribution >= 4 is 11.4 Å². The van der Waals surface area contributed by atoms with Crippen molar-refractivity contribution < 1.29 is 0 Å². The maximum Gasteiger partial charge on any atom is 0.0490 e. The zero-order chi connectivity index (χ0) is 13.8. The van der Waals surface area contributed by atoms with Gasteiger partial charge in [0, 0.05) is 29.7 Å². The molecule has 2 N–H and O–H groups in total. The Morgan fingerprint density at radius 1 is 0.950 bits per heavy atom. The summed E-state index contributed by atoms with van der Waals surface area (Å²) in [6.45, 7) is 2.11. The molecule has 3 aromatic rings. The number of rotatable bonds is 4. The predicted octanol–water partition coefficient (Wildman–Crippen LogP) is 4.05. The van der Waals surface area contributed by atoms with E-state index in [2.05, 4.69) is 64.9 Å². The number of nitrogens with zero attached hydrogens (tertiary/aromatic N) is 1. The molecule has 3 heteroatoms. The van der Waals surface area contributed by atoms with Crippen molar-refractivity contribution in [2.45, 2.75) is 13.3 Å². The molecular formula is C17H17N3. The summed E-state index contributed by atoms with van der Waals surface area (Å²) in [5.41, 5.74) is 5.88. The molecular weight excluding hydrogens is 246 g/mol. The molecule has 1 aromatic heterocycles. The Labute approximate surface area is 118 Å². The van der Waals surface area contributed by atoms with Crippen LogP contribution in [0.5, 0.6) is 0 Å². The van der Waals surface area contributed by atoms with Crippen molar-refractivity contribution in [3.8, 4) is 0 Å². The van der Waals surface area contributed by atoms with E-state index in [0.717, 1.165) is 23.5 Å². The fourth-order valence-corrected chi connectivity index (χ4v) is 2.24. The zero-order valence-electron chi connectivity index (χ0n) is 11.4. The number of aromatic amines is 1. The van der Waals surface area contributed by atoms with Crippen molar-refractivity contribution in [3.63, 3.8) is 0 Å². The fraction of sp³-hybridized carbons (Fsp3) is 0.118. The Morgan fingerprint density at radius 3 is 2.45 bits per heavy atom. The smallest absolute Gasteiger partial charge is 0.0490 e. The molecule has 0 aliphatic carbocycles. The second-order valence-electron chi connectivity index (χ2n) is 4.86. The van der Waals surface area contributed by atoms with Gasteiger partial charge in [-0.25, -0.2) is 0 Å². The minimum Gasteiger partial charge on any atom is -0.355 e. The van der Waals surface area contributed by atoms with Crippen LogP contribution in [0.15, 0.2) is 60.8 Å². The second kappa shape index (κ2) is 5.61. The molecule has 0 amide bonds. The third-order valence-electron chi connectivity index (χ3n) is 3.37. The lowest BCUT2D eigenvalue weighted by atomic mass is 10.1. The average Bonchev–Trinajstić information content (AvgIpc) is 2.96. The third-order valence-corrected chi connectivity index (χ3v) is 3.37. The third kappa shape index (κ3) is 2.72. The highest BCUT2D eigenvalue weighted by Gasteiger charge is 2.05. The van der Waals surface area contributed by atoms with Gasteiger partial charge in [-0.3, -0.25) is 5.10 Å². The van der Waals surface area contributed by atoms with Gasteiger partial charge in [0.05, 0.1) is 0 Å². The van der Waals surface area contributed by atoms with E-state index in [4.69, 9.17) is 0 Å². The van der Waals surface area contributed by atoms with Gasteiger partial charge in [0.2, 0.25) is 0 Å². The molecule has 3 nitrogen and oxygen atoms in total. The summed E-state index contributed by atoms with van der Waals surface area (Å²) in [5, 5.41) is 10.5. The first kappa shape index (κ1) is 12.5. The number of para-hydroxylation sites is 2. The monoisotopic (exact) mass is 263 g/mol. The summed E-state index contributed by atoms with van der Waals surface area (Å²) in [5.74, 6) is 0. The van der Waals surface area contributed by atoms with E-state index < -0.39 is 0 Å². The van der Waals surface area contributed by atoms with Gasteiger partial charge in [-0.05, 0) is 36.2 Å². The first-order valence-electron chi connectivity index (χ1n) is 6.72. The van der Waals surface area contributed by atoms with Crippen LogP contribution in [0.25, 0.3) is 0 Å².